The number of hydrogen-bond acceptors (Lipinski definition) is 5. The molecule has 4 rings (SSSR count). The third kappa shape index (κ3) is 3.28. The maximum atomic E-state index is 5.48. The number of rotatable bonds is 6. The van der Waals surface area contributed by atoms with Gasteiger partial charge in [-0.1, -0.05) is 5.21 Å². The Labute approximate surface area is 136 Å². The molecule has 0 N–H and O–H groups in total. The van der Waals surface area contributed by atoms with E-state index in [0.717, 1.165) is 44.4 Å². The Bertz CT molecular complexity index is 652. The molecule has 0 radical (unpaired) electrons. The van der Waals surface area contributed by atoms with Crippen molar-refractivity contribution in [1.29, 1.82) is 0 Å². The highest BCUT2D eigenvalue weighted by atomic mass is 16.5. The van der Waals surface area contributed by atoms with Crippen LogP contribution in [-0.2, 0) is 24.4 Å². The first-order chi connectivity index (χ1) is 11.3. The van der Waals surface area contributed by atoms with E-state index in [0.29, 0.717) is 5.92 Å². The number of fused-ring (bicyclic) bond motifs is 1. The van der Waals surface area contributed by atoms with E-state index in [4.69, 9.17) is 4.74 Å². The van der Waals surface area contributed by atoms with E-state index in [1.807, 2.05) is 12.4 Å². The van der Waals surface area contributed by atoms with Crippen LogP contribution in [0, 0.1) is 5.92 Å². The van der Waals surface area contributed by atoms with Crippen molar-refractivity contribution in [3.8, 4) is 0 Å². The summed E-state index contributed by atoms with van der Waals surface area (Å²) in [6.07, 6.45) is 6.36. The predicted molar refractivity (Wildman–Crippen MR) is 85.7 cm³/mol. The predicted octanol–water partition coefficient (Wildman–Crippen LogP) is 1.83. The second-order valence-electron chi connectivity index (χ2n) is 6.72. The largest absolute Gasteiger partial charge is 0.384 e. The topological polar surface area (TPSA) is 56.1 Å². The molecular weight excluding hydrogens is 290 g/mol. The summed E-state index contributed by atoms with van der Waals surface area (Å²) in [5, 5.41) is 8.89. The number of methoxy groups -OCH3 is 1. The summed E-state index contributed by atoms with van der Waals surface area (Å²) in [7, 11) is 1.77. The molecule has 2 aromatic rings. The van der Waals surface area contributed by atoms with Crippen LogP contribution in [0.5, 0.6) is 0 Å². The SMILES string of the molecule is COC[C@@H]1CN(Cc2ccncc2)Cc2nnn(CC3CC3)c21. The van der Waals surface area contributed by atoms with Crippen molar-refractivity contribution in [2.75, 3.05) is 20.3 Å². The molecule has 0 aromatic carbocycles. The zero-order chi connectivity index (χ0) is 15.6. The number of pyridine rings is 1. The molecule has 122 valence electrons. The lowest BCUT2D eigenvalue weighted by molar-refractivity contribution is 0.131. The molecule has 0 unspecified atom stereocenters. The van der Waals surface area contributed by atoms with Gasteiger partial charge in [-0.3, -0.25) is 9.88 Å². The van der Waals surface area contributed by atoms with Crippen LogP contribution in [0.1, 0.15) is 35.7 Å². The number of aromatic nitrogens is 4. The Kier molecular flexibility index (Phi) is 4.10. The number of hydrogen-bond donors (Lipinski definition) is 0. The van der Waals surface area contributed by atoms with Gasteiger partial charge in [0.15, 0.2) is 0 Å². The molecule has 0 amide bonds. The quantitative estimate of drug-likeness (QED) is 0.814. The van der Waals surface area contributed by atoms with Gasteiger partial charge in [-0.05, 0) is 36.5 Å². The van der Waals surface area contributed by atoms with Gasteiger partial charge in [0, 0.05) is 51.6 Å². The minimum atomic E-state index is 0.347. The minimum Gasteiger partial charge on any atom is -0.384 e. The highest BCUT2D eigenvalue weighted by molar-refractivity contribution is 5.21. The van der Waals surface area contributed by atoms with Crippen LogP contribution < -0.4 is 0 Å². The van der Waals surface area contributed by atoms with Crippen LogP contribution >= 0.6 is 0 Å². The second kappa shape index (κ2) is 6.37. The lowest BCUT2D eigenvalue weighted by Crippen LogP contribution is -2.36. The maximum absolute atomic E-state index is 5.48. The van der Waals surface area contributed by atoms with E-state index >= 15 is 0 Å². The van der Waals surface area contributed by atoms with Crippen molar-refractivity contribution >= 4 is 0 Å². The summed E-state index contributed by atoms with van der Waals surface area (Å²) in [4.78, 5) is 6.52. The van der Waals surface area contributed by atoms with Gasteiger partial charge in [-0.2, -0.15) is 0 Å². The Balaban J connectivity index is 1.54. The smallest absolute Gasteiger partial charge is 0.100 e. The third-order valence-corrected chi connectivity index (χ3v) is 4.74. The fraction of sp³-hybridized carbons (Fsp3) is 0.588. The molecule has 0 spiro atoms. The summed E-state index contributed by atoms with van der Waals surface area (Å²) >= 11 is 0. The fourth-order valence-electron chi connectivity index (χ4n) is 3.47. The van der Waals surface area contributed by atoms with Crippen molar-refractivity contribution < 1.29 is 4.74 Å². The van der Waals surface area contributed by atoms with Crippen molar-refractivity contribution in [2.24, 2.45) is 5.92 Å². The van der Waals surface area contributed by atoms with Gasteiger partial charge < -0.3 is 4.74 Å². The zero-order valence-corrected chi connectivity index (χ0v) is 13.6. The molecule has 2 aliphatic rings. The monoisotopic (exact) mass is 313 g/mol. The first-order valence-corrected chi connectivity index (χ1v) is 8.36. The van der Waals surface area contributed by atoms with Crippen molar-refractivity contribution in [2.45, 2.75) is 38.4 Å². The zero-order valence-electron chi connectivity index (χ0n) is 13.6. The van der Waals surface area contributed by atoms with Crippen LogP contribution in [-0.4, -0.2) is 45.1 Å². The summed E-state index contributed by atoms with van der Waals surface area (Å²) < 4.78 is 7.62. The molecule has 1 fully saturated rings. The molecule has 1 aliphatic carbocycles. The van der Waals surface area contributed by atoms with Crippen LogP contribution in [0.25, 0.3) is 0 Å². The average Bonchev–Trinajstić information content (AvgIpc) is 3.28. The Hall–Kier alpha value is -1.79. The molecule has 0 bridgehead atoms. The number of nitrogens with zero attached hydrogens (tertiary/aromatic N) is 5. The molecular formula is C17H23N5O. The van der Waals surface area contributed by atoms with Gasteiger partial charge in [0.25, 0.3) is 0 Å². The number of ether oxygens (including phenoxy) is 1. The summed E-state index contributed by atoms with van der Waals surface area (Å²) in [6.45, 7) is 4.51. The van der Waals surface area contributed by atoms with Gasteiger partial charge in [-0.25, -0.2) is 4.68 Å². The average molecular weight is 313 g/mol. The van der Waals surface area contributed by atoms with Crippen molar-refractivity contribution in [3.63, 3.8) is 0 Å². The highest BCUT2D eigenvalue weighted by Gasteiger charge is 2.32. The van der Waals surface area contributed by atoms with Gasteiger partial charge in [0.2, 0.25) is 0 Å². The van der Waals surface area contributed by atoms with Crippen molar-refractivity contribution in [1.82, 2.24) is 24.9 Å². The van der Waals surface area contributed by atoms with Crippen LogP contribution in [0.15, 0.2) is 24.5 Å². The highest BCUT2D eigenvalue weighted by Crippen LogP contribution is 2.34. The normalized spacial score (nSPS) is 21.3. The summed E-state index contributed by atoms with van der Waals surface area (Å²) in [5.74, 6) is 1.15. The molecule has 0 saturated heterocycles. The van der Waals surface area contributed by atoms with Crippen molar-refractivity contribution in [3.05, 3.63) is 41.5 Å². The lowest BCUT2D eigenvalue weighted by Gasteiger charge is -2.32. The summed E-state index contributed by atoms with van der Waals surface area (Å²) in [6, 6.07) is 4.15. The van der Waals surface area contributed by atoms with E-state index in [1.165, 1.54) is 24.1 Å². The molecule has 2 aromatic heterocycles. The first-order valence-electron chi connectivity index (χ1n) is 8.36. The minimum absolute atomic E-state index is 0.347. The molecule has 6 nitrogen and oxygen atoms in total. The van der Waals surface area contributed by atoms with Crippen LogP contribution in [0.2, 0.25) is 0 Å². The maximum Gasteiger partial charge on any atom is 0.100 e. The van der Waals surface area contributed by atoms with E-state index in [1.54, 1.807) is 7.11 Å². The van der Waals surface area contributed by atoms with Gasteiger partial charge >= 0.3 is 0 Å². The lowest BCUT2D eigenvalue weighted by atomic mass is 9.98. The van der Waals surface area contributed by atoms with Gasteiger partial charge in [0.05, 0.1) is 12.3 Å². The van der Waals surface area contributed by atoms with E-state index < -0.39 is 0 Å². The Morgan fingerprint density at radius 3 is 2.83 bits per heavy atom. The molecule has 6 heteroatoms. The third-order valence-electron chi connectivity index (χ3n) is 4.74. The van der Waals surface area contributed by atoms with E-state index in [9.17, 15) is 0 Å². The fourth-order valence-corrected chi connectivity index (χ4v) is 3.47. The second-order valence-corrected chi connectivity index (χ2v) is 6.72. The van der Waals surface area contributed by atoms with E-state index in [2.05, 4.69) is 37.0 Å². The van der Waals surface area contributed by atoms with E-state index in [-0.39, 0.29) is 0 Å². The summed E-state index contributed by atoms with van der Waals surface area (Å²) in [5.41, 5.74) is 3.70. The van der Waals surface area contributed by atoms with Crippen LogP contribution in [0.3, 0.4) is 0 Å². The van der Waals surface area contributed by atoms with Crippen LogP contribution in [0.4, 0.5) is 0 Å². The van der Waals surface area contributed by atoms with Gasteiger partial charge in [0.1, 0.15) is 5.69 Å². The first kappa shape index (κ1) is 14.8. The molecule has 3 heterocycles. The standard InChI is InChI=1S/C17H23N5O/c1-23-12-15-10-21(8-14-4-6-18-7-5-14)11-16-17(15)22(20-19-16)9-13-2-3-13/h4-7,13,15H,2-3,8-12H2,1H3/t15-/m0/s1. The molecule has 1 aliphatic heterocycles. The molecule has 1 atom stereocenters. The Morgan fingerprint density at radius 2 is 2.09 bits per heavy atom. The Morgan fingerprint density at radius 1 is 1.26 bits per heavy atom. The molecule has 23 heavy (non-hydrogen) atoms. The van der Waals surface area contributed by atoms with Gasteiger partial charge in [-0.15, -0.1) is 5.10 Å². The molecule has 1 saturated carbocycles.